The van der Waals surface area contributed by atoms with Crippen LogP contribution in [0.1, 0.15) is 11.5 Å². The van der Waals surface area contributed by atoms with Crippen molar-refractivity contribution in [2.45, 2.75) is 6.42 Å². The van der Waals surface area contributed by atoms with Gasteiger partial charge in [-0.3, -0.25) is 4.98 Å². The number of hydrogen-bond donors (Lipinski definition) is 1. The molecule has 3 aromatic rings. The van der Waals surface area contributed by atoms with Crippen molar-refractivity contribution in [3.8, 4) is 0 Å². The molecule has 0 spiro atoms. The van der Waals surface area contributed by atoms with Crippen LogP contribution in [0.3, 0.4) is 0 Å². The van der Waals surface area contributed by atoms with Gasteiger partial charge < -0.3 is 4.98 Å². The Balaban J connectivity index is 1.99. The predicted octanol–water partition coefficient (Wildman–Crippen LogP) is 1.94. The maximum absolute atomic E-state index is 4.53. The SMILES string of the molecule is c1ccc2nc(Cc3ncc[nH]3)cnc2c1. The van der Waals surface area contributed by atoms with Crippen molar-refractivity contribution >= 4 is 11.0 Å². The van der Waals surface area contributed by atoms with Crippen LogP contribution in [0.4, 0.5) is 0 Å². The summed E-state index contributed by atoms with van der Waals surface area (Å²) in [5.41, 5.74) is 2.77. The first kappa shape index (κ1) is 9.03. The normalized spacial score (nSPS) is 10.8. The van der Waals surface area contributed by atoms with Crippen molar-refractivity contribution in [1.82, 2.24) is 19.9 Å². The average Bonchev–Trinajstić information content (AvgIpc) is 2.82. The standard InChI is InChI=1S/C12H10N4/c1-2-4-11-10(3-1)15-8-9(16-11)7-12-13-5-6-14-12/h1-6,8H,7H2,(H,13,14). The van der Waals surface area contributed by atoms with Crippen molar-refractivity contribution in [1.29, 1.82) is 0 Å². The summed E-state index contributed by atoms with van der Waals surface area (Å²) in [6.45, 7) is 0. The van der Waals surface area contributed by atoms with E-state index < -0.39 is 0 Å². The first-order valence-electron chi connectivity index (χ1n) is 5.11. The molecule has 0 radical (unpaired) electrons. The second-order valence-electron chi connectivity index (χ2n) is 3.56. The van der Waals surface area contributed by atoms with E-state index in [0.29, 0.717) is 6.42 Å². The van der Waals surface area contributed by atoms with E-state index in [0.717, 1.165) is 22.6 Å². The number of H-pyrrole nitrogens is 1. The van der Waals surface area contributed by atoms with Crippen LogP contribution in [0.25, 0.3) is 11.0 Å². The van der Waals surface area contributed by atoms with Gasteiger partial charge in [0, 0.05) is 25.0 Å². The zero-order valence-corrected chi connectivity index (χ0v) is 8.59. The number of para-hydroxylation sites is 2. The Hall–Kier alpha value is -2.23. The molecule has 0 amide bonds. The molecule has 0 atom stereocenters. The molecule has 78 valence electrons. The molecule has 1 aromatic carbocycles. The summed E-state index contributed by atoms with van der Waals surface area (Å²) in [6, 6.07) is 7.85. The number of rotatable bonds is 2. The highest BCUT2D eigenvalue weighted by atomic mass is 14.9. The Morgan fingerprint density at radius 3 is 2.75 bits per heavy atom. The van der Waals surface area contributed by atoms with Gasteiger partial charge in [-0.2, -0.15) is 0 Å². The minimum absolute atomic E-state index is 0.685. The van der Waals surface area contributed by atoms with Gasteiger partial charge in [-0.1, -0.05) is 12.1 Å². The Morgan fingerprint density at radius 1 is 1.06 bits per heavy atom. The van der Waals surface area contributed by atoms with Crippen molar-refractivity contribution in [3.63, 3.8) is 0 Å². The summed E-state index contributed by atoms with van der Waals surface area (Å²) in [4.78, 5) is 16.1. The zero-order valence-electron chi connectivity index (χ0n) is 8.59. The minimum atomic E-state index is 0.685. The van der Waals surface area contributed by atoms with E-state index in [4.69, 9.17) is 0 Å². The van der Waals surface area contributed by atoms with E-state index in [2.05, 4.69) is 19.9 Å². The molecular weight excluding hydrogens is 200 g/mol. The average molecular weight is 210 g/mol. The van der Waals surface area contributed by atoms with Crippen molar-refractivity contribution < 1.29 is 0 Å². The van der Waals surface area contributed by atoms with Gasteiger partial charge in [-0.15, -0.1) is 0 Å². The highest BCUT2D eigenvalue weighted by Crippen LogP contribution is 2.09. The quantitative estimate of drug-likeness (QED) is 0.703. The first-order valence-corrected chi connectivity index (χ1v) is 5.11. The van der Waals surface area contributed by atoms with E-state index >= 15 is 0 Å². The molecule has 3 rings (SSSR count). The molecule has 4 heteroatoms. The number of nitrogens with zero attached hydrogens (tertiary/aromatic N) is 3. The van der Waals surface area contributed by atoms with Gasteiger partial charge in [0.15, 0.2) is 0 Å². The summed E-state index contributed by atoms with van der Waals surface area (Å²) in [5.74, 6) is 0.907. The van der Waals surface area contributed by atoms with Crippen LogP contribution < -0.4 is 0 Å². The summed E-state index contributed by atoms with van der Waals surface area (Å²) in [7, 11) is 0. The van der Waals surface area contributed by atoms with E-state index in [1.54, 1.807) is 12.4 Å². The summed E-state index contributed by atoms with van der Waals surface area (Å²) < 4.78 is 0. The fourth-order valence-electron chi connectivity index (χ4n) is 1.65. The van der Waals surface area contributed by atoms with Gasteiger partial charge in [0.05, 0.1) is 16.7 Å². The highest BCUT2D eigenvalue weighted by molar-refractivity contribution is 5.73. The molecule has 16 heavy (non-hydrogen) atoms. The van der Waals surface area contributed by atoms with Crippen LogP contribution in [0.2, 0.25) is 0 Å². The molecule has 0 aliphatic heterocycles. The fraction of sp³-hybridized carbons (Fsp3) is 0.0833. The monoisotopic (exact) mass is 210 g/mol. The van der Waals surface area contributed by atoms with Crippen LogP contribution in [0, 0.1) is 0 Å². The first-order chi connectivity index (χ1) is 7.92. The molecule has 0 saturated heterocycles. The third kappa shape index (κ3) is 1.65. The summed E-state index contributed by atoms with van der Waals surface area (Å²) in [5, 5.41) is 0. The molecule has 2 aromatic heterocycles. The number of imidazole rings is 1. The van der Waals surface area contributed by atoms with Gasteiger partial charge in [0.25, 0.3) is 0 Å². The van der Waals surface area contributed by atoms with Gasteiger partial charge in [0.1, 0.15) is 5.82 Å². The molecular formula is C12H10N4. The lowest BCUT2D eigenvalue weighted by Crippen LogP contribution is -1.96. The third-order valence-corrected chi connectivity index (χ3v) is 2.40. The number of aromatic nitrogens is 4. The Labute approximate surface area is 92.4 Å². The molecule has 0 aliphatic carbocycles. The lowest BCUT2D eigenvalue weighted by molar-refractivity contribution is 0.974. The lowest BCUT2D eigenvalue weighted by Gasteiger charge is -2.00. The maximum Gasteiger partial charge on any atom is 0.112 e. The molecule has 0 aliphatic rings. The largest absolute Gasteiger partial charge is 0.348 e. The Bertz CT molecular complexity index is 601. The topological polar surface area (TPSA) is 54.5 Å². The van der Waals surface area contributed by atoms with Crippen LogP contribution in [-0.4, -0.2) is 19.9 Å². The van der Waals surface area contributed by atoms with E-state index in [9.17, 15) is 0 Å². The van der Waals surface area contributed by atoms with E-state index in [-0.39, 0.29) is 0 Å². The number of hydrogen-bond acceptors (Lipinski definition) is 3. The Kier molecular flexibility index (Phi) is 2.11. The van der Waals surface area contributed by atoms with Crippen LogP contribution in [0.15, 0.2) is 42.9 Å². The van der Waals surface area contributed by atoms with E-state index in [1.165, 1.54) is 0 Å². The molecule has 0 unspecified atom stereocenters. The van der Waals surface area contributed by atoms with Gasteiger partial charge in [0.2, 0.25) is 0 Å². The van der Waals surface area contributed by atoms with Crippen molar-refractivity contribution in [2.24, 2.45) is 0 Å². The third-order valence-electron chi connectivity index (χ3n) is 2.40. The van der Waals surface area contributed by atoms with Crippen LogP contribution in [-0.2, 0) is 6.42 Å². The fourth-order valence-corrected chi connectivity index (χ4v) is 1.65. The van der Waals surface area contributed by atoms with Gasteiger partial charge >= 0.3 is 0 Å². The lowest BCUT2D eigenvalue weighted by atomic mass is 10.2. The smallest absolute Gasteiger partial charge is 0.112 e. The summed E-state index contributed by atoms with van der Waals surface area (Å²) >= 11 is 0. The molecule has 0 saturated carbocycles. The number of nitrogens with one attached hydrogen (secondary N) is 1. The molecule has 4 nitrogen and oxygen atoms in total. The van der Waals surface area contributed by atoms with Crippen LogP contribution >= 0.6 is 0 Å². The molecule has 2 heterocycles. The minimum Gasteiger partial charge on any atom is -0.348 e. The second-order valence-corrected chi connectivity index (χ2v) is 3.56. The molecule has 1 N–H and O–H groups in total. The molecule has 0 fully saturated rings. The van der Waals surface area contributed by atoms with Gasteiger partial charge in [-0.25, -0.2) is 9.97 Å². The second kappa shape index (κ2) is 3.73. The van der Waals surface area contributed by atoms with Gasteiger partial charge in [-0.05, 0) is 12.1 Å². The predicted molar refractivity (Wildman–Crippen MR) is 60.9 cm³/mol. The maximum atomic E-state index is 4.53. The number of aromatic amines is 1. The number of benzene rings is 1. The van der Waals surface area contributed by atoms with E-state index in [1.807, 2.05) is 30.5 Å². The summed E-state index contributed by atoms with van der Waals surface area (Å²) in [6.07, 6.45) is 6.03. The highest BCUT2D eigenvalue weighted by Gasteiger charge is 2.01. The number of fused-ring (bicyclic) bond motifs is 1. The Morgan fingerprint density at radius 2 is 1.94 bits per heavy atom. The van der Waals surface area contributed by atoms with Crippen molar-refractivity contribution in [3.05, 3.63) is 54.4 Å². The molecule has 0 bridgehead atoms. The van der Waals surface area contributed by atoms with Crippen LogP contribution in [0.5, 0.6) is 0 Å². The zero-order chi connectivity index (χ0) is 10.8. The van der Waals surface area contributed by atoms with Crippen molar-refractivity contribution in [2.75, 3.05) is 0 Å².